The van der Waals surface area contributed by atoms with Gasteiger partial charge >= 0.3 is 0 Å². The number of benzene rings is 1. The quantitative estimate of drug-likeness (QED) is 0.902. The predicted molar refractivity (Wildman–Crippen MR) is 70.6 cm³/mol. The third kappa shape index (κ3) is 2.59. The molecule has 0 amide bonds. The van der Waals surface area contributed by atoms with Crippen molar-refractivity contribution in [2.75, 3.05) is 0 Å². The van der Waals surface area contributed by atoms with Gasteiger partial charge in [-0.3, -0.25) is 4.68 Å². The van der Waals surface area contributed by atoms with E-state index in [4.69, 9.17) is 5.73 Å². The van der Waals surface area contributed by atoms with Crippen molar-refractivity contribution in [1.29, 1.82) is 0 Å². The van der Waals surface area contributed by atoms with Crippen molar-refractivity contribution < 1.29 is 4.39 Å². The summed E-state index contributed by atoms with van der Waals surface area (Å²) >= 11 is 0. The maximum absolute atomic E-state index is 13.3. The van der Waals surface area contributed by atoms with Crippen LogP contribution in [0.1, 0.15) is 19.4 Å². The minimum absolute atomic E-state index is 0.0619. The highest BCUT2D eigenvalue weighted by Crippen LogP contribution is 2.25. The molecule has 0 aliphatic rings. The summed E-state index contributed by atoms with van der Waals surface area (Å²) in [4.78, 5) is 0. The molecule has 0 spiro atoms. The first kappa shape index (κ1) is 12.8. The van der Waals surface area contributed by atoms with Crippen molar-refractivity contribution in [3.63, 3.8) is 0 Å². The van der Waals surface area contributed by atoms with E-state index >= 15 is 0 Å². The first-order chi connectivity index (χ1) is 8.61. The molecule has 2 aromatic rings. The van der Waals surface area contributed by atoms with Gasteiger partial charge in [-0.1, -0.05) is 12.1 Å². The van der Waals surface area contributed by atoms with E-state index in [-0.39, 0.29) is 11.9 Å². The van der Waals surface area contributed by atoms with Gasteiger partial charge in [0.15, 0.2) is 0 Å². The van der Waals surface area contributed by atoms with Crippen LogP contribution in [0.4, 0.5) is 4.39 Å². The Morgan fingerprint density at radius 3 is 2.83 bits per heavy atom. The highest BCUT2D eigenvalue weighted by atomic mass is 19.1. The van der Waals surface area contributed by atoms with E-state index in [0.29, 0.717) is 0 Å². The number of hydrogen-bond acceptors (Lipinski definition) is 2. The van der Waals surface area contributed by atoms with Crippen molar-refractivity contribution >= 4 is 0 Å². The molecule has 1 aromatic carbocycles. The third-order valence-corrected chi connectivity index (χ3v) is 2.85. The van der Waals surface area contributed by atoms with Gasteiger partial charge in [0, 0.05) is 18.2 Å². The summed E-state index contributed by atoms with van der Waals surface area (Å²) in [6, 6.07) is 6.66. The largest absolute Gasteiger partial charge is 0.328 e. The van der Waals surface area contributed by atoms with Crippen LogP contribution in [-0.4, -0.2) is 15.8 Å². The van der Waals surface area contributed by atoms with E-state index in [0.717, 1.165) is 29.8 Å². The Morgan fingerprint density at radius 2 is 2.22 bits per heavy atom. The Hall–Kier alpha value is -1.68. The average molecular weight is 247 g/mol. The Bertz CT molecular complexity index is 532. The molecular weight excluding hydrogens is 229 g/mol. The molecular formula is C14H18FN3. The van der Waals surface area contributed by atoms with E-state index in [1.165, 1.54) is 12.1 Å². The van der Waals surface area contributed by atoms with Crippen molar-refractivity contribution in [1.82, 2.24) is 9.78 Å². The second-order valence-electron chi connectivity index (χ2n) is 4.53. The molecule has 0 aliphatic carbocycles. The van der Waals surface area contributed by atoms with Crippen LogP contribution in [0.5, 0.6) is 0 Å². The fourth-order valence-electron chi connectivity index (χ4n) is 2.13. The Morgan fingerprint density at radius 1 is 1.44 bits per heavy atom. The van der Waals surface area contributed by atoms with E-state index in [1.54, 1.807) is 6.07 Å². The van der Waals surface area contributed by atoms with E-state index in [2.05, 4.69) is 5.10 Å². The number of hydrogen-bond donors (Lipinski definition) is 1. The molecule has 1 unspecified atom stereocenters. The molecule has 0 fully saturated rings. The number of rotatable bonds is 4. The first-order valence-corrected chi connectivity index (χ1v) is 6.18. The zero-order chi connectivity index (χ0) is 13.1. The third-order valence-electron chi connectivity index (χ3n) is 2.85. The molecule has 2 rings (SSSR count). The molecule has 18 heavy (non-hydrogen) atoms. The highest BCUT2D eigenvalue weighted by Gasteiger charge is 2.13. The highest BCUT2D eigenvalue weighted by molar-refractivity contribution is 5.63. The second kappa shape index (κ2) is 5.31. The van der Waals surface area contributed by atoms with Gasteiger partial charge in [0.1, 0.15) is 5.82 Å². The predicted octanol–water partition coefficient (Wildman–Crippen LogP) is 2.60. The summed E-state index contributed by atoms with van der Waals surface area (Å²) in [6.45, 7) is 4.73. The lowest BCUT2D eigenvalue weighted by Gasteiger charge is -2.10. The minimum Gasteiger partial charge on any atom is -0.328 e. The maximum Gasteiger partial charge on any atom is 0.123 e. The first-order valence-electron chi connectivity index (χ1n) is 6.18. The van der Waals surface area contributed by atoms with Gasteiger partial charge in [0.2, 0.25) is 0 Å². The molecule has 0 saturated heterocycles. The van der Waals surface area contributed by atoms with Crippen LogP contribution in [-0.2, 0) is 13.0 Å². The molecule has 1 heterocycles. The molecule has 96 valence electrons. The number of aromatic nitrogens is 2. The van der Waals surface area contributed by atoms with Gasteiger partial charge in [-0.05, 0) is 38.0 Å². The van der Waals surface area contributed by atoms with Crippen LogP contribution in [0.15, 0.2) is 30.5 Å². The standard InChI is InChI=1S/C14H18FN3/c1-3-18-14(11-5-4-6-13(15)8-11)12(9-17-18)7-10(2)16/h4-6,8-10H,3,7,16H2,1-2H3. The molecule has 2 N–H and O–H groups in total. The lowest BCUT2D eigenvalue weighted by Crippen LogP contribution is -2.18. The second-order valence-corrected chi connectivity index (χ2v) is 4.53. The van der Waals surface area contributed by atoms with Gasteiger partial charge in [-0.15, -0.1) is 0 Å². The van der Waals surface area contributed by atoms with Crippen LogP contribution in [0.3, 0.4) is 0 Å². The topological polar surface area (TPSA) is 43.8 Å². The van der Waals surface area contributed by atoms with Crippen LogP contribution >= 0.6 is 0 Å². The summed E-state index contributed by atoms with van der Waals surface area (Å²) in [5, 5.41) is 4.33. The van der Waals surface area contributed by atoms with Crippen LogP contribution < -0.4 is 5.73 Å². The van der Waals surface area contributed by atoms with Crippen molar-refractivity contribution in [3.05, 3.63) is 41.8 Å². The van der Waals surface area contributed by atoms with Gasteiger partial charge in [0.05, 0.1) is 11.9 Å². The average Bonchev–Trinajstić information content (AvgIpc) is 2.71. The molecule has 4 heteroatoms. The molecule has 0 bridgehead atoms. The van der Waals surface area contributed by atoms with E-state index < -0.39 is 0 Å². The number of nitrogens with zero attached hydrogens (tertiary/aromatic N) is 2. The summed E-state index contributed by atoms with van der Waals surface area (Å²) in [7, 11) is 0. The molecule has 0 saturated carbocycles. The van der Waals surface area contributed by atoms with Crippen molar-refractivity contribution in [2.45, 2.75) is 32.9 Å². The summed E-state index contributed by atoms with van der Waals surface area (Å²) in [5.74, 6) is -0.233. The van der Waals surface area contributed by atoms with E-state index in [9.17, 15) is 4.39 Å². The zero-order valence-electron chi connectivity index (χ0n) is 10.7. The van der Waals surface area contributed by atoms with Gasteiger partial charge in [-0.2, -0.15) is 5.10 Å². The van der Waals surface area contributed by atoms with Crippen molar-refractivity contribution in [2.24, 2.45) is 5.73 Å². The summed E-state index contributed by atoms with van der Waals surface area (Å²) < 4.78 is 15.2. The summed E-state index contributed by atoms with van der Waals surface area (Å²) in [6.07, 6.45) is 2.57. The lowest BCUT2D eigenvalue weighted by atomic mass is 10.0. The lowest BCUT2D eigenvalue weighted by molar-refractivity contribution is 0.626. The SMILES string of the molecule is CCn1ncc(CC(C)N)c1-c1cccc(F)c1. The number of halogens is 1. The Balaban J connectivity index is 2.50. The Labute approximate surface area is 106 Å². The molecule has 1 atom stereocenters. The molecule has 1 aromatic heterocycles. The van der Waals surface area contributed by atoms with Crippen LogP contribution in [0.25, 0.3) is 11.3 Å². The smallest absolute Gasteiger partial charge is 0.123 e. The van der Waals surface area contributed by atoms with Gasteiger partial charge in [0.25, 0.3) is 0 Å². The van der Waals surface area contributed by atoms with Crippen molar-refractivity contribution in [3.8, 4) is 11.3 Å². The number of aryl methyl sites for hydroxylation is 1. The normalized spacial score (nSPS) is 12.7. The van der Waals surface area contributed by atoms with E-state index in [1.807, 2.05) is 30.8 Å². The number of nitrogens with two attached hydrogens (primary N) is 1. The molecule has 3 nitrogen and oxygen atoms in total. The fourth-order valence-corrected chi connectivity index (χ4v) is 2.13. The molecule has 0 radical (unpaired) electrons. The van der Waals surface area contributed by atoms with Gasteiger partial charge in [-0.25, -0.2) is 4.39 Å². The molecule has 0 aliphatic heterocycles. The van der Waals surface area contributed by atoms with Crippen LogP contribution in [0, 0.1) is 5.82 Å². The van der Waals surface area contributed by atoms with Crippen LogP contribution in [0.2, 0.25) is 0 Å². The monoisotopic (exact) mass is 247 g/mol. The fraction of sp³-hybridized carbons (Fsp3) is 0.357. The Kier molecular flexibility index (Phi) is 3.77. The summed E-state index contributed by atoms with van der Waals surface area (Å²) in [5.41, 5.74) is 8.73. The maximum atomic E-state index is 13.3. The zero-order valence-corrected chi connectivity index (χ0v) is 10.7. The minimum atomic E-state index is -0.233. The van der Waals surface area contributed by atoms with Gasteiger partial charge < -0.3 is 5.73 Å².